The van der Waals surface area contributed by atoms with E-state index in [1.807, 2.05) is 32.9 Å². The maximum atomic E-state index is 13.4. The van der Waals surface area contributed by atoms with E-state index in [0.717, 1.165) is 11.3 Å². The summed E-state index contributed by atoms with van der Waals surface area (Å²) in [4.78, 5) is 17.5. The molecule has 10 heteroatoms. The van der Waals surface area contributed by atoms with Gasteiger partial charge in [0.2, 0.25) is 0 Å². The lowest BCUT2D eigenvalue weighted by atomic mass is 9.82. The number of nitrogens with zero attached hydrogens (tertiary/aromatic N) is 5. The second-order valence-corrected chi connectivity index (χ2v) is 9.73. The van der Waals surface area contributed by atoms with Gasteiger partial charge in [0, 0.05) is 15.5 Å². The van der Waals surface area contributed by atoms with Crippen LogP contribution in [0.1, 0.15) is 38.4 Å². The molecule has 1 aromatic heterocycles. The Kier molecular flexibility index (Phi) is 6.16. The first-order valence-electron chi connectivity index (χ1n) is 9.89. The van der Waals surface area contributed by atoms with Gasteiger partial charge in [-0.3, -0.25) is 0 Å². The molecule has 2 unspecified atom stereocenters. The number of halogens is 3. The highest BCUT2D eigenvalue weighted by Gasteiger charge is 2.46. The normalized spacial score (nSPS) is 18.6. The summed E-state index contributed by atoms with van der Waals surface area (Å²) < 4.78 is 1.73. The van der Waals surface area contributed by atoms with Gasteiger partial charge in [0.1, 0.15) is 24.7 Å². The van der Waals surface area contributed by atoms with E-state index < -0.39 is 12.1 Å². The molecule has 1 aliphatic rings. The van der Waals surface area contributed by atoms with Gasteiger partial charge in [-0.15, -0.1) is 0 Å². The quantitative estimate of drug-likeness (QED) is 0.456. The summed E-state index contributed by atoms with van der Waals surface area (Å²) in [7, 11) is 0. The van der Waals surface area contributed by atoms with Gasteiger partial charge in [-0.1, -0.05) is 67.7 Å². The summed E-state index contributed by atoms with van der Waals surface area (Å²) in [6.45, 7) is 6.14. The van der Waals surface area contributed by atoms with Crippen LogP contribution in [0.15, 0.2) is 60.2 Å². The van der Waals surface area contributed by atoms with Gasteiger partial charge in [0.25, 0.3) is 0 Å². The van der Waals surface area contributed by atoms with E-state index in [4.69, 9.17) is 39.9 Å². The first kappa shape index (κ1) is 22.6. The highest BCUT2D eigenvalue weighted by atomic mass is 35.5. The van der Waals surface area contributed by atoms with E-state index in [0.29, 0.717) is 20.8 Å². The first-order valence-corrected chi connectivity index (χ1v) is 11.0. The molecule has 4 rings (SSSR count). The Morgan fingerprint density at radius 2 is 1.69 bits per heavy atom. The van der Waals surface area contributed by atoms with Crippen molar-refractivity contribution in [3.8, 4) is 0 Å². The summed E-state index contributed by atoms with van der Waals surface area (Å²) in [6, 6.07) is 11.0. The van der Waals surface area contributed by atoms with Crippen molar-refractivity contribution in [3.63, 3.8) is 0 Å². The number of hydrazone groups is 1. The van der Waals surface area contributed by atoms with Crippen molar-refractivity contribution >= 4 is 52.2 Å². The van der Waals surface area contributed by atoms with Crippen molar-refractivity contribution in [2.75, 3.05) is 5.32 Å². The van der Waals surface area contributed by atoms with Crippen LogP contribution in [0.3, 0.4) is 0 Å². The van der Waals surface area contributed by atoms with E-state index in [2.05, 4.69) is 15.4 Å². The molecule has 2 amide bonds. The summed E-state index contributed by atoms with van der Waals surface area (Å²) >= 11 is 18.4. The molecule has 7 nitrogen and oxygen atoms in total. The van der Waals surface area contributed by atoms with Crippen LogP contribution in [0.25, 0.3) is 0 Å². The van der Waals surface area contributed by atoms with Crippen LogP contribution in [0.4, 0.5) is 10.5 Å². The SMILES string of the molecule is CC(C)(C)C1=NN(C(=O)Nc2ccc(Cl)cc2Cl)C(c2ccc(Cl)cc2)C1n1cncn1. The highest BCUT2D eigenvalue weighted by Crippen LogP contribution is 2.44. The van der Waals surface area contributed by atoms with Crippen LogP contribution < -0.4 is 5.32 Å². The summed E-state index contributed by atoms with van der Waals surface area (Å²) in [5.74, 6) is 0. The van der Waals surface area contributed by atoms with Gasteiger partial charge >= 0.3 is 6.03 Å². The fraction of sp³-hybridized carbons (Fsp3) is 0.273. The number of carbonyl (C=O) groups is 1. The topological polar surface area (TPSA) is 75.4 Å². The van der Waals surface area contributed by atoms with Gasteiger partial charge in [-0.2, -0.15) is 10.2 Å². The number of benzene rings is 2. The second kappa shape index (κ2) is 8.73. The van der Waals surface area contributed by atoms with Gasteiger partial charge in [-0.05, 0) is 35.9 Å². The van der Waals surface area contributed by atoms with E-state index in [-0.39, 0.29) is 11.5 Å². The number of anilines is 1. The molecule has 2 atom stereocenters. The lowest BCUT2D eigenvalue weighted by molar-refractivity contribution is 0.188. The fourth-order valence-corrected chi connectivity index (χ4v) is 4.25. The molecule has 3 aromatic rings. The average molecular weight is 492 g/mol. The Bertz CT molecular complexity index is 1160. The number of nitrogens with one attached hydrogen (secondary N) is 1. The molecular formula is C22H21Cl3N6O. The molecule has 0 saturated heterocycles. The summed E-state index contributed by atoms with van der Waals surface area (Å²) in [5.41, 5.74) is 1.75. The van der Waals surface area contributed by atoms with Crippen molar-refractivity contribution in [1.82, 2.24) is 19.8 Å². The molecule has 0 saturated carbocycles. The third kappa shape index (κ3) is 4.46. The number of rotatable bonds is 3. The summed E-state index contributed by atoms with van der Waals surface area (Å²) in [6.07, 6.45) is 3.10. The number of carbonyl (C=O) groups excluding carboxylic acids is 1. The molecular weight excluding hydrogens is 471 g/mol. The molecule has 32 heavy (non-hydrogen) atoms. The van der Waals surface area contributed by atoms with Crippen LogP contribution in [-0.2, 0) is 0 Å². The number of urea groups is 1. The van der Waals surface area contributed by atoms with Gasteiger partial charge in [-0.25, -0.2) is 19.5 Å². The van der Waals surface area contributed by atoms with E-state index in [1.54, 1.807) is 41.3 Å². The molecule has 0 radical (unpaired) electrons. The minimum absolute atomic E-state index is 0.334. The van der Waals surface area contributed by atoms with Crippen LogP contribution in [0.5, 0.6) is 0 Å². The zero-order valence-electron chi connectivity index (χ0n) is 17.6. The van der Waals surface area contributed by atoms with Gasteiger partial charge < -0.3 is 5.32 Å². The minimum atomic E-state index is -0.478. The molecule has 0 aliphatic carbocycles. The first-order chi connectivity index (χ1) is 15.1. The minimum Gasteiger partial charge on any atom is -0.305 e. The predicted molar refractivity (Wildman–Crippen MR) is 127 cm³/mol. The van der Waals surface area contributed by atoms with E-state index in [9.17, 15) is 4.79 Å². The smallest absolute Gasteiger partial charge is 0.305 e. The monoisotopic (exact) mass is 490 g/mol. The van der Waals surface area contributed by atoms with Crippen LogP contribution in [-0.4, -0.2) is 31.5 Å². The van der Waals surface area contributed by atoms with E-state index in [1.165, 1.54) is 11.3 Å². The summed E-state index contributed by atoms with van der Waals surface area (Å²) in [5, 5.41) is 14.8. The Balaban J connectivity index is 1.79. The molecule has 1 N–H and O–H groups in total. The maximum Gasteiger partial charge on any atom is 0.342 e. The van der Waals surface area contributed by atoms with Gasteiger partial charge in [0.15, 0.2) is 0 Å². The van der Waals surface area contributed by atoms with Crippen molar-refractivity contribution in [1.29, 1.82) is 0 Å². The van der Waals surface area contributed by atoms with Crippen molar-refractivity contribution in [2.24, 2.45) is 10.5 Å². The number of hydrogen-bond donors (Lipinski definition) is 1. The molecule has 0 fully saturated rings. The molecule has 0 bridgehead atoms. The van der Waals surface area contributed by atoms with Crippen molar-refractivity contribution < 1.29 is 4.79 Å². The Morgan fingerprint density at radius 3 is 2.28 bits per heavy atom. The number of amides is 2. The second-order valence-electron chi connectivity index (χ2n) is 8.45. The number of hydrogen-bond acceptors (Lipinski definition) is 4. The zero-order chi connectivity index (χ0) is 23.0. The lowest BCUT2D eigenvalue weighted by Gasteiger charge is -2.29. The average Bonchev–Trinajstić information content (AvgIpc) is 3.38. The third-order valence-corrected chi connectivity index (χ3v) is 5.94. The zero-order valence-corrected chi connectivity index (χ0v) is 19.9. The van der Waals surface area contributed by atoms with Crippen molar-refractivity contribution in [3.05, 3.63) is 75.8 Å². The Morgan fingerprint density at radius 1 is 1.00 bits per heavy atom. The fourth-order valence-electron chi connectivity index (χ4n) is 3.66. The molecule has 166 valence electrons. The third-order valence-electron chi connectivity index (χ3n) is 5.14. The molecule has 2 heterocycles. The Hall–Kier alpha value is -2.61. The number of aromatic nitrogens is 3. The molecule has 2 aromatic carbocycles. The van der Waals surface area contributed by atoms with Crippen LogP contribution >= 0.6 is 34.8 Å². The predicted octanol–water partition coefficient (Wildman–Crippen LogP) is 6.47. The lowest BCUT2D eigenvalue weighted by Crippen LogP contribution is -2.36. The van der Waals surface area contributed by atoms with Crippen LogP contribution in [0, 0.1) is 5.41 Å². The van der Waals surface area contributed by atoms with E-state index >= 15 is 0 Å². The Labute approximate surface area is 201 Å². The van der Waals surface area contributed by atoms with Crippen LogP contribution in [0.2, 0.25) is 15.1 Å². The van der Waals surface area contributed by atoms with Crippen molar-refractivity contribution in [2.45, 2.75) is 32.9 Å². The molecule has 0 spiro atoms. The highest BCUT2D eigenvalue weighted by molar-refractivity contribution is 6.36. The molecule has 1 aliphatic heterocycles. The largest absolute Gasteiger partial charge is 0.342 e. The standard InChI is InChI=1S/C22H21Cl3N6O/c1-22(2,3)20-19(30-12-26-11-27-30)18(13-4-6-14(23)7-5-13)31(29-20)21(32)28-17-9-8-15(24)10-16(17)25/h4-12,18-19H,1-3H3,(H,28,32). The van der Waals surface area contributed by atoms with Gasteiger partial charge in [0.05, 0.1) is 16.4 Å². The maximum absolute atomic E-state index is 13.4.